The van der Waals surface area contributed by atoms with Crippen LogP contribution in [0.3, 0.4) is 0 Å². The number of hydrogen-bond acceptors (Lipinski definition) is 4. The molecule has 0 aliphatic carbocycles. The molecule has 1 atom stereocenters. The van der Waals surface area contributed by atoms with E-state index in [0.29, 0.717) is 13.0 Å². The van der Waals surface area contributed by atoms with Gasteiger partial charge in [0.1, 0.15) is 5.01 Å². The lowest BCUT2D eigenvalue weighted by atomic mass is 10.1. The van der Waals surface area contributed by atoms with Crippen LogP contribution in [-0.4, -0.2) is 16.9 Å². The Bertz CT molecular complexity index is 324. The van der Waals surface area contributed by atoms with Crippen molar-refractivity contribution in [3.8, 4) is 0 Å². The van der Waals surface area contributed by atoms with E-state index in [4.69, 9.17) is 5.73 Å². The number of nitrogens with two attached hydrogens (primary N) is 1. The number of amides is 1. The molecule has 0 aliphatic heterocycles. The van der Waals surface area contributed by atoms with Crippen LogP contribution in [0.5, 0.6) is 0 Å². The number of aryl methyl sites for hydroxylation is 1. The van der Waals surface area contributed by atoms with Crippen molar-refractivity contribution < 1.29 is 4.79 Å². The van der Waals surface area contributed by atoms with Crippen LogP contribution in [0.2, 0.25) is 0 Å². The number of nitrogens with zero attached hydrogens (tertiary/aromatic N) is 1. The van der Waals surface area contributed by atoms with Crippen LogP contribution in [0.4, 0.5) is 0 Å². The molecular weight excluding hydrogens is 210 g/mol. The average Bonchev–Trinajstić information content (AvgIpc) is 2.61. The van der Waals surface area contributed by atoms with Gasteiger partial charge < -0.3 is 11.1 Å². The lowest BCUT2D eigenvalue weighted by Gasteiger charge is -2.07. The molecule has 0 aliphatic rings. The zero-order valence-corrected chi connectivity index (χ0v) is 9.93. The molecule has 84 valence electrons. The molecule has 1 rings (SSSR count). The highest BCUT2D eigenvalue weighted by Gasteiger charge is 2.07. The predicted molar refractivity (Wildman–Crippen MR) is 61.6 cm³/mol. The molecule has 0 bridgehead atoms. The van der Waals surface area contributed by atoms with Gasteiger partial charge in [0, 0.05) is 23.5 Å². The van der Waals surface area contributed by atoms with E-state index in [-0.39, 0.29) is 11.9 Å². The molecule has 0 aromatic carbocycles. The smallest absolute Gasteiger partial charge is 0.221 e. The molecule has 5 heteroatoms. The van der Waals surface area contributed by atoms with Gasteiger partial charge in [-0.2, -0.15) is 0 Å². The fourth-order valence-corrected chi connectivity index (χ4v) is 1.84. The van der Waals surface area contributed by atoms with Crippen molar-refractivity contribution >= 4 is 17.2 Å². The molecule has 15 heavy (non-hydrogen) atoms. The topological polar surface area (TPSA) is 68.0 Å². The summed E-state index contributed by atoms with van der Waals surface area (Å²) in [5, 5.41) is 3.74. The van der Waals surface area contributed by atoms with Crippen molar-refractivity contribution in [3.63, 3.8) is 0 Å². The van der Waals surface area contributed by atoms with Crippen LogP contribution in [0.25, 0.3) is 0 Å². The summed E-state index contributed by atoms with van der Waals surface area (Å²) in [4.78, 5) is 16.7. The summed E-state index contributed by atoms with van der Waals surface area (Å²) < 4.78 is 0. The van der Waals surface area contributed by atoms with Crippen molar-refractivity contribution in [2.45, 2.75) is 39.3 Å². The number of hydrogen-bond donors (Lipinski definition) is 2. The van der Waals surface area contributed by atoms with Crippen LogP contribution in [0, 0.1) is 6.92 Å². The summed E-state index contributed by atoms with van der Waals surface area (Å²) in [6, 6.07) is -0.0389. The second-order valence-corrected chi connectivity index (χ2v) is 4.83. The molecule has 1 unspecified atom stereocenters. The summed E-state index contributed by atoms with van der Waals surface area (Å²) in [5.41, 5.74) is 5.67. The number of aromatic nitrogens is 1. The minimum absolute atomic E-state index is 0.00259. The summed E-state index contributed by atoms with van der Waals surface area (Å²) in [5.74, 6) is -0.00259. The van der Waals surface area contributed by atoms with Gasteiger partial charge in [-0.15, -0.1) is 11.3 Å². The maximum absolute atomic E-state index is 11.4. The van der Waals surface area contributed by atoms with Gasteiger partial charge in [-0.3, -0.25) is 4.79 Å². The molecule has 1 amide bonds. The quantitative estimate of drug-likeness (QED) is 0.794. The Balaban J connectivity index is 2.28. The van der Waals surface area contributed by atoms with Gasteiger partial charge in [0.25, 0.3) is 0 Å². The molecule has 1 aromatic heterocycles. The van der Waals surface area contributed by atoms with Crippen molar-refractivity contribution in [3.05, 3.63) is 16.1 Å². The van der Waals surface area contributed by atoms with Crippen molar-refractivity contribution in [2.24, 2.45) is 5.73 Å². The second kappa shape index (κ2) is 5.82. The first-order valence-corrected chi connectivity index (χ1v) is 5.87. The summed E-state index contributed by atoms with van der Waals surface area (Å²) >= 11 is 1.60. The Labute approximate surface area is 93.9 Å². The maximum atomic E-state index is 11.4. The molecule has 0 radical (unpaired) electrons. The summed E-state index contributed by atoms with van der Waals surface area (Å²) in [7, 11) is 0. The van der Waals surface area contributed by atoms with Crippen LogP contribution in [0.15, 0.2) is 6.20 Å². The van der Waals surface area contributed by atoms with Crippen LogP contribution in [-0.2, 0) is 11.3 Å². The van der Waals surface area contributed by atoms with Gasteiger partial charge in [0.15, 0.2) is 0 Å². The normalized spacial score (nSPS) is 12.5. The van der Waals surface area contributed by atoms with E-state index in [1.807, 2.05) is 20.0 Å². The van der Waals surface area contributed by atoms with E-state index in [2.05, 4.69) is 10.3 Å². The van der Waals surface area contributed by atoms with E-state index >= 15 is 0 Å². The van der Waals surface area contributed by atoms with Gasteiger partial charge in [-0.1, -0.05) is 6.92 Å². The van der Waals surface area contributed by atoms with E-state index in [1.54, 1.807) is 11.3 Å². The number of carbonyl (C=O) groups is 1. The van der Waals surface area contributed by atoms with Crippen molar-refractivity contribution in [1.29, 1.82) is 0 Å². The number of carbonyl (C=O) groups excluding carboxylic acids is 1. The summed E-state index contributed by atoms with van der Waals surface area (Å²) in [6.07, 6.45) is 3.02. The van der Waals surface area contributed by atoms with Crippen molar-refractivity contribution in [1.82, 2.24) is 10.3 Å². The first kappa shape index (κ1) is 12.1. The average molecular weight is 227 g/mol. The Morgan fingerprint density at radius 2 is 2.47 bits per heavy atom. The van der Waals surface area contributed by atoms with Gasteiger partial charge in [0.05, 0.1) is 6.54 Å². The zero-order chi connectivity index (χ0) is 11.3. The third-order valence-electron chi connectivity index (χ3n) is 2.08. The molecule has 0 saturated carbocycles. The molecular formula is C10H17N3OS. The highest BCUT2D eigenvalue weighted by Crippen LogP contribution is 2.10. The second-order valence-electron chi connectivity index (χ2n) is 3.51. The van der Waals surface area contributed by atoms with Gasteiger partial charge in [-0.25, -0.2) is 4.98 Å². The molecule has 1 heterocycles. The van der Waals surface area contributed by atoms with E-state index in [9.17, 15) is 4.79 Å². The number of thiazole rings is 1. The van der Waals surface area contributed by atoms with Crippen molar-refractivity contribution in [2.75, 3.05) is 0 Å². The first-order valence-electron chi connectivity index (χ1n) is 5.05. The lowest BCUT2D eigenvalue weighted by Crippen LogP contribution is -2.30. The predicted octanol–water partition coefficient (Wildman–Crippen LogP) is 1.20. The first-order chi connectivity index (χ1) is 7.11. The molecule has 3 N–H and O–H groups in total. The number of nitrogens with one attached hydrogen (secondary N) is 1. The Hall–Kier alpha value is -0.940. The Morgan fingerprint density at radius 1 is 1.73 bits per heavy atom. The third-order valence-corrected chi connectivity index (χ3v) is 2.99. The maximum Gasteiger partial charge on any atom is 0.221 e. The fraction of sp³-hybridized carbons (Fsp3) is 0.600. The van der Waals surface area contributed by atoms with E-state index in [0.717, 1.165) is 16.3 Å². The largest absolute Gasteiger partial charge is 0.350 e. The lowest BCUT2D eigenvalue weighted by molar-refractivity contribution is -0.121. The minimum atomic E-state index is -0.0389. The van der Waals surface area contributed by atoms with Gasteiger partial charge >= 0.3 is 0 Å². The SMILES string of the molecule is CCC(N)CC(=O)NCc1ncc(C)s1. The Kier molecular flexibility index (Phi) is 4.71. The van der Waals surface area contributed by atoms with Gasteiger partial charge in [-0.05, 0) is 13.3 Å². The van der Waals surface area contributed by atoms with Crippen LogP contribution >= 0.6 is 11.3 Å². The molecule has 0 fully saturated rings. The third kappa shape index (κ3) is 4.40. The monoisotopic (exact) mass is 227 g/mol. The van der Waals surface area contributed by atoms with E-state index in [1.165, 1.54) is 0 Å². The number of rotatable bonds is 5. The minimum Gasteiger partial charge on any atom is -0.350 e. The highest BCUT2D eigenvalue weighted by atomic mass is 32.1. The Morgan fingerprint density at radius 3 is 3.00 bits per heavy atom. The van der Waals surface area contributed by atoms with Crippen LogP contribution in [0.1, 0.15) is 29.7 Å². The molecule has 4 nitrogen and oxygen atoms in total. The molecule has 0 saturated heterocycles. The molecule has 0 spiro atoms. The molecule has 1 aromatic rings. The fourth-order valence-electron chi connectivity index (χ4n) is 1.11. The van der Waals surface area contributed by atoms with E-state index < -0.39 is 0 Å². The zero-order valence-electron chi connectivity index (χ0n) is 9.12. The summed E-state index contributed by atoms with van der Waals surface area (Å²) in [6.45, 7) is 4.48. The van der Waals surface area contributed by atoms with Gasteiger partial charge in [0.2, 0.25) is 5.91 Å². The standard InChI is InChI=1S/C10H17N3OS/c1-3-8(11)4-9(14)12-6-10-13-5-7(2)15-10/h5,8H,3-4,6,11H2,1-2H3,(H,12,14). The van der Waals surface area contributed by atoms with Crippen LogP contribution < -0.4 is 11.1 Å². The highest BCUT2D eigenvalue weighted by molar-refractivity contribution is 7.11.